The second-order valence-electron chi connectivity index (χ2n) is 5.93. The zero-order chi connectivity index (χ0) is 19.2. The first-order valence-corrected chi connectivity index (χ1v) is 12.7. The molecule has 1 heterocycles. The second-order valence-corrected chi connectivity index (χ2v) is 9.24. The molecule has 0 fully saturated rings. The molecular formula is C21H31NS4. The Morgan fingerprint density at radius 3 is 2.77 bits per heavy atom. The molecule has 1 nitrogen and oxygen atoms in total. The minimum atomic E-state index is 0.888. The molecule has 0 radical (unpaired) electrons. The molecular weight excluding hydrogens is 395 g/mol. The molecule has 1 aliphatic heterocycles. The molecule has 0 aromatic carbocycles. The van der Waals surface area contributed by atoms with Gasteiger partial charge in [-0.15, -0.1) is 36.2 Å². The van der Waals surface area contributed by atoms with Crippen LogP contribution in [0.25, 0.3) is 0 Å². The average molecular weight is 426 g/mol. The van der Waals surface area contributed by atoms with Crippen LogP contribution in [-0.2, 0) is 0 Å². The summed E-state index contributed by atoms with van der Waals surface area (Å²) in [7, 11) is 0. The molecule has 144 valence electrons. The van der Waals surface area contributed by atoms with Crippen LogP contribution in [0, 0.1) is 0 Å². The highest BCUT2D eigenvalue weighted by Gasteiger charge is 2.08. The van der Waals surface area contributed by atoms with Crippen molar-refractivity contribution >= 4 is 53.5 Å². The van der Waals surface area contributed by atoms with Crippen molar-refractivity contribution in [2.45, 2.75) is 33.1 Å². The van der Waals surface area contributed by atoms with Crippen molar-refractivity contribution in [2.75, 3.05) is 30.1 Å². The summed E-state index contributed by atoms with van der Waals surface area (Å²) in [5.41, 5.74) is 6.21. The van der Waals surface area contributed by atoms with E-state index in [1.807, 2.05) is 35.3 Å². The lowest BCUT2D eigenvalue weighted by Crippen LogP contribution is -1.98. The van der Waals surface area contributed by atoms with Crippen molar-refractivity contribution in [3.63, 3.8) is 0 Å². The van der Waals surface area contributed by atoms with Gasteiger partial charge in [-0.05, 0) is 49.8 Å². The van der Waals surface area contributed by atoms with Crippen molar-refractivity contribution in [1.82, 2.24) is 0 Å². The summed E-state index contributed by atoms with van der Waals surface area (Å²) in [4.78, 5) is 6.77. The summed E-state index contributed by atoms with van der Waals surface area (Å²) in [5.74, 6) is 3.17. The van der Waals surface area contributed by atoms with Crippen molar-refractivity contribution < 1.29 is 0 Å². The van der Waals surface area contributed by atoms with Crippen LogP contribution in [0.2, 0.25) is 0 Å². The van der Waals surface area contributed by atoms with Crippen LogP contribution in [0.3, 0.4) is 0 Å². The molecule has 0 N–H and O–H groups in total. The van der Waals surface area contributed by atoms with Gasteiger partial charge in [0.05, 0.1) is 5.55 Å². The molecule has 0 aliphatic carbocycles. The van der Waals surface area contributed by atoms with Gasteiger partial charge in [-0.1, -0.05) is 42.0 Å². The molecule has 0 bridgehead atoms. The SMILES string of the molecule is C=C(S)/C1=C/C/C=C(/C/C(=C/C)SC/C(=C\C)CCN=CSC)CSC1. The van der Waals surface area contributed by atoms with E-state index in [9.17, 15) is 0 Å². The van der Waals surface area contributed by atoms with Gasteiger partial charge in [-0.2, -0.15) is 11.8 Å². The molecule has 1 rings (SSSR count). The maximum atomic E-state index is 4.40. The highest BCUT2D eigenvalue weighted by molar-refractivity contribution is 8.11. The monoisotopic (exact) mass is 425 g/mol. The molecule has 0 saturated carbocycles. The van der Waals surface area contributed by atoms with Gasteiger partial charge in [0.25, 0.3) is 0 Å². The standard InChI is InChI=1S/C21H31NS4/c1-5-18(10-11-22-16-24-4)14-26-21(6-2)12-19-8-7-9-20(17(3)23)15-25-13-19/h5-6,8-9,16,23H,3,7,10-15H2,1-2,4H3/b18-5-,19-8-,20-9+,21-6-,22-16?. The Hall–Kier alpha value is -0.230. The van der Waals surface area contributed by atoms with E-state index < -0.39 is 0 Å². The minimum Gasteiger partial charge on any atom is -0.286 e. The number of thiol groups is 1. The Morgan fingerprint density at radius 1 is 1.31 bits per heavy atom. The Morgan fingerprint density at radius 2 is 2.12 bits per heavy atom. The predicted molar refractivity (Wildman–Crippen MR) is 132 cm³/mol. The lowest BCUT2D eigenvalue weighted by atomic mass is 10.1. The van der Waals surface area contributed by atoms with Crippen molar-refractivity contribution in [1.29, 1.82) is 0 Å². The van der Waals surface area contributed by atoms with Crippen molar-refractivity contribution in [3.05, 3.63) is 57.4 Å². The molecule has 26 heavy (non-hydrogen) atoms. The summed E-state index contributed by atoms with van der Waals surface area (Å²) >= 11 is 9.98. The lowest BCUT2D eigenvalue weighted by Gasteiger charge is -2.15. The van der Waals surface area contributed by atoms with Gasteiger partial charge in [0.2, 0.25) is 0 Å². The Balaban J connectivity index is 2.52. The summed E-state index contributed by atoms with van der Waals surface area (Å²) < 4.78 is 0. The van der Waals surface area contributed by atoms with Crippen LogP contribution in [0.4, 0.5) is 0 Å². The van der Waals surface area contributed by atoms with Gasteiger partial charge >= 0.3 is 0 Å². The minimum absolute atomic E-state index is 0.888. The summed E-state index contributed by atoms with van der Waals surface area (Å²) in [5, 5.41) is 0. The third-order valence-corrected chi connectivity index (χ3v) is 7.01. The topological polar surface area (TPSA) is 12.4 Å². The zero-order valence-corrected chi connectivity index (χ0v) is 19.5. The van der Waals surface area contributed by atoms with Crippen LogP contribution in [0.1, 0.15) is 33.1 Å². The number of rotatable bonds is 10. The summed E-state index contributed by atoms with van der Waals surface area (Å²) in [6.07, 6.45) is 14.3. The number of thioether (sulfide) groups is 3. The van der Waals surface area contributed by atoms with E-state index >= 15 is 0 Å². The third-order valence-electron chi connectivity index (χ3n) is 4.00. The predicted octanol–water partition coefficient (Wildman–Crippen LogP) is 7.17. The molecule has 1 aliphatic rings. The third kappa shape index (κ3) is 10.2. The molecule has 0 aromatic rings. The highest BCUT2D eigenvalue weighted by Crippen LogP contribution is 2.30. The van der Waals surface area contributed by atoms with E-state index in [-0.39, 0.29) is 0 Å². The second kappa shape index (κ2) is 14.8. The smallest absolute Gasteiger partial charge is 0.0538 e. The van der Waals surface area contributed by atoms with Crippen LogP contribution in [0.15, 0.2) is 62.4 Å². The largest absolute Gasteiger partial charge is 0.286 e. The number of hydrogen-bond acceptors (Lipinski definition) is 5. The highest BCUT2D eigenvalue weighted by atomic mass is 32.2. The first-order chi connectivity index (χ1) is 12.6. The molecule has 0 spiro atoms. The van der Waals surface area contributed by atoms with Crippen LogP contribution in [-0.4, -0.2) is 35.6 Å². The molecule has 0 amide bonds. The van der Waals surface area contributed by atoms with Gasteiger partial charge in [0.1, 0.15) is 0 Å². The van der Waals surface area contributed by atoms with Gasteiger partial charge < -0.3 is 0 Å². The Kier molecular flexibility index (Phi) is 13.5. The number of allylic oxidation sites excluding steroid dienone is 6. The first-order valence-electron chi connectivity index (χ1n) is 8.86. The van der Waals surface area contributed by atoms with Gasteiger partial charge in [0, 0.05) is 28.7 Å². The molecule has 0 unspecified atom stereocenters. The van der Waals surface area contributed by atoms with Gasteiger partial charge in [0.15, 0.2) is 0 Å². The van der Waals surface area contributed by atoms with E-state index in [0.717, 1.165) is 48.0 Å². The van der Waals surface area contributed by atoms with Crippen molar-refractivity contribution in [3.8, 4) is 0 Å². The fraction of sp³-hybridized carbons (Fsp3) is 0.476. The van der Waals surface area contributed by atoms with Gasteiger partial charge in [-0.25, -0.2) is 0 Å². The Bertz CT molecular complexity index is 597. The molecule has 0 aromatic heterocycles. The van der Waals surface area contributed by atoms with E-state index in [2.05, 4.69) is 62.4 Å². The fourth-order valence-corrected chi connectivity index (χ4v) is 5.15. The first kappa shape index (κ1) is 23.8. The Labute approximate surface area is 178 Å². The zero-order valence-electron chi connectivity index (χ0n) is 16.2. The summed E-state index contributed by atoms with van der Waals surface area (Å²) in [6.45, 7) is 9.12. The fourth-order valence-electron chi connectivity index (χ4n) is 2.38. The van der Waals surface area contributed by atoms with Crippen LogP contribution < -0.4 is 0 Å². The molecule has 0 saturated heterocycles. The van der Waals surface area contributed by atoms with Crippen molar-refractivity contribution in [2.24, 2.45) is 4.99 Å². The lowest BCUT2D eigenvalue weighted by molar-refractivity contribution is 0.957. The maximum absolute atomic E-state index is 4.40. The molecule has 5 heteroatoms. The number of aliphatic imine (C=N–C) groups is 1. The van der Waals surface area contributed by atoms with E-state index in [1.54, 1.807) is 11.8 Å². The van der Waals surface area contributed by atoms with Crippen LogP contribution >= 0.6 is 47.9 Å². The molecule has 0 atom stereocenters. The normalized spacial score (nSPS) is 20.9. The average Bonchev–Trinajstić information content (AvgIpc) is 2.61. The summed E-state index contributed by atoms with van der Waals surface area (Å²) in [6, 6.07) is 0. The van der Waals surface area contributed by atoms with E-state index in [0.29, 0.717) is 0 Å². The van der Waals surface area contributed by atoms with Crippen LogP contribution in [0.5, 0.6) is 0 Å². The maximum Gasteiger partial charge on any atom is 0.0538 e. The van der Waals surface area contributed by atoms with Gasteiger partial charge in [-0.3, -0.25) is 4.99 Å². The number of nitrogens with zero attached hydrogens (tertiary/aromatic N) is 1. The number of hydrogen-bond donors (Lipinski definition) is 1. The van der Waals surface area contributed by atoms with E-state index in [1.165, 1.54) is 21.6 Å². The van der Waals surface area contributed by atoms with E-state index in [4.69, 9.17) is 0 Å². The quantitative estimate of drug-likeness (QED) is 0.172.